The first-order valence-corrected chi connectivity index (χ1v) is 8.42. The third-order valence-corrected chi connectivity index (χ3v) is 4.49. The minimum absolute atomic E-state index is 0.0633. The number of nitro groups is 1. The first-order chi connectivity index (χ1) is 12.0. The molecule has 1 aliphatic rings. The van der Waals surface area contributed by atoms with Gasteiger partial charge in [-0.25, -0.2) is 0 Å². The van der Waals surface area contributed by atoms with E-state index in [1.165, 1.54) is 17.0 Å². The van der Waals surface area contributed by atoms with Crippen molar-refractivity contribution in [1.29, 1.82) is 0 Å². The first kappa shape index (κ1) is 17.0. The second kappa shape index (κ2) is 6.94. The second-order valence-electron chi connectivity index (χ2n) is 5.31. The van der Waals surface area contributed by atoms with Crippen LogP contribution in [-0.4, -0.2) is 27.5 Å². The molecule has 8 heteroatoms. The highest BCUT2D eigenvalue weighted by atomic mass is 32.2. The van der Waals surface area contributed by atoms with Crippen molar-refractivity contribution in [2.75, 3.05) is 6.54 Å². The molecule has 0 radical (unpaired) electrons. The Bertz CT molecular complexity index is 887. The molecule has 2 aromatic rings. The zero-order valence-corrected chi connectivity index (χ0v) is 14.1. The van der Waals surface area contributed by atoms with Crippen molar-refractivity contribution in [2.45, 2.75) is 13.3 Å². The zero-order chi connectivity index (χ0) is 18.0. The SMILES string of the molecule is CCCN1C(=O)S/C(=C\c2ccc(-c3ccccc3[N+](=O)[O-])o2)C1=O. The molecule has 0 aliphatic carbocycles. The summed E-state index contributed by atoms with van der Waals surface area (Å²) in [4.78, 5) is 36.2. The summed E-state index contributed by atoms with van der Waals surface area (Å²) in [6.07, 6.45) is 2.17. The number of nitrogens with zero attached hydrogens (tertiary/aromatic N) is 2. The molecule has 2 heterocycles. The Morgan fingerprint density at radius 3 is 2.72 bits per heavy atom. The molecule has 0 unspecified atom stereocenters. The summed E-state index contributed by atoms with van der Waals surface area (Å²) >= 11 is 0.860. The molecule has 1 saturated heterocycles. The van der Waals surface area contributed by atoms with Crippen molar-refractivity contribution in [2.24, 2.45) is 0 Å². The number of para-hydroxylation sites is 1. The lowest BCUT2D eigenvalue weighted by molar-refractivity contribution is -0.384. The largest absolute Gasteiger partial charge is 0.456 e. The molecular formula is C17H14N2O5S. The van der Waals surface area contributed by atoms with Crippen LogP contribution < -0.4 is 0 Å². The Labute approximate surface area is 147 Å². The molecule has 1 fully saturated rings. The van der Waals surface area contributed by atoms with Crippen LogP contribution in [0, 0.1) is 10.1 Å². The molecular weight excluding hydrogens is 344 g/mol. The average Bonchev–Trinajstić information content (AvgIpc) is 3.16. The van der Waals surface area contributed by atoms with E-state index in [2.05, 4.69) is 0 Å². The molecule has 0 atom stereocenters. The van der Waals surface area contributed by atoms with Crippen LogP contribution in [0.15, 0.2) is 45.7 Å². The molecule has 2 amide bonds. The maximum atomic E-state index is 12.2. The van der Waals surface area contributed by atoms with Gasteiger partial charge < -0.3 is 4.42 Å². The molecule has 7 nitrogen and oxygen atoms in total. The standard InChI is InChI=1S/C17H14N2O5S/c1-2-9-18-16(20)15(25-17(18)21)10-11-7-8-14(24-11)12-5-3-4-6-13(12)19(22)23/h3-8,10H,2,9H2,1H3/b15-10-. The van der Waals surface area contributed by atoms with Gasteiger partial charge in [-0.2, -0.15) is 0 Å². The number of nitro benzene ring substituents is 1. The van der Waals surface area contributed by atoms with Gasteiger partial charge in [0, 0.05) is 18.7 Å². The van der Waals surface area contributed by atoms with E-state index in [-0.39, 0.29) is 21.7 Å². The molecule has 128 valence electrons. The first-order valence-electron chi connectivity index (χ1n) is 7.60. The third kappa shape index (κ3) is 3.34. The minimum atomic E-state index is -0.479. The Kier molecular flexibility index (Phi) is 4.71. The van der Waals surface area contributed by atoms with Crippen LogP contribution in [0.4, 0.5) is 10.5 Å². The van der Waals surface area contributed by atoms with E-state index in [9.17, 15) is 19.7 Å². The van der Waals surface area contributed by atoms with Crippen LogP contribution in [0.25, 0.3) is 17.4 Å². The van der Waals surface area contributed by atoms with Crippen LogP contribution in [0.3, 0.4) is 0 Å². The summed E-state index contributed by atoms with van der Waals surface area (Å²) in [6, 6.07) is 9.46. The number of furan rings is 1. The van der Waals surface area contributed by atoms with E-state index in [0.29, 0.717) is 30.0 Å². The molecule has 0 spiro atoms. The number of benzene rings is 1. The number of carbonyl (C=O) groups is 2. The Balaban J connectivity index is 1.90. The van der Waals surface area contributed by atoms with Gasteiger partial charge in [0.25, 0.3) is 16.8 Å². The van der Waals surface area contributed by atoms with Gasteiger partial charge in [-0.15, -0.1) is 0 Å². The van der Waals surface area contributed by atoms with Gasteiger partial charge in [0.15, 0.2) is 0 Å². The van der Waals surface area contributed by atoms with E-state index < -0.39 is 4.92 Å². The summed E-state index contributed by atoms with van der Waals surface area (Å²) in [5.41, 5.74) is 0.290. The smallest absolute Gasteiger partial charge is 0.293 e. The van der Waals surface area contributed by atoms with E-state index >= 15 is 0 Å². The van der Waals surface area contributed by atoms with Crippen LogP contribution >= 0.6 is 11.8 Å². The van der Waals surface area contributed by atoms with Gasteiger partial charge in [0.1, 0.15) is 11.5 Å². The van der Waals surface area contributed by atoms with E-state index in [1.807, 2.05) is 6.92 Å². The summed E-state index contributed by atoms with van der Waals surface area (Å²) in [6.45, 7) is 2.26. The maximum Gasteiger partial charge on any atom is 0.293 e. The normalized spacial score (nSPS) is 16.0. The number of hydrogen-bond donors (Lipinski definition) is 0. The molecule has 0 N–H and O–H groups in total. The van der Waals surface area contributed by atoms with Gasteiger partial charge in [-0.05, 0) is 36.4 Å². The van der Waals surface area contributed by atoms with Crippen molar-refractivity contribution in [3.8, 4) is 11.3 Å². The van der Waals surface area contributed by atoms with Gasteiger partial charge in [-0.1, -0.05) is 19.1 Å². The van der Waals surface area contributed by atoms with Crippen molar-refractivity contribution < 1.29 is 18.9 Å². The number of thioether (sulfide) groups is 1. The fourth-order valence-corrected chi connectivity index (χ4v) is 3.31. The van der Waals surface area contributed by atoms with Crippen LogP contribution in [0.5, 0.6) is 0 Å². The molecule has 0 bridgehead atoms. The van der Waals surface area contributed by atoms with Gasteiger partial charge in [0.05, 0.1) is 15.4 Å². The van der Waals surface area contributed by atoms with Crippen molar-refractivity contribution in [3.05, 3.63) is 57.2 Å². The number of imide groups is 1. The van der Waals surface area contributed by atoms with Crippen molar-refractivity contribution in [3.63, 3.8) is 0 Å². The fourth-order valence-electron chi connectivity index (χ4n) is 2.46. The molecule has 3 rings (SSSR count). The van der Waals surface area contributed by atoms with Gasteiger partial charge >= 0.3 is 0 Å². The number of amides is 2. The van der Waals surface area contributed by atoms with Gasteiger partial charge in [-0.3, -0.25) is 24.6 Å². The Morgan fingerprint density at radius 1 is 1.24 bits per heavy atom. The lowest BCUT2D eigenvalue weighted by atomic mass is 10.1. The Hall–Kier alpha value is -2.87. The van der Waals surface area contributed by atoms with Crippen LogP contribution in [-0.2, 0) is 4.79 Å². The number of rotatable bonds is 5. The highest BCUT2D eigenvalue weighted by molar-refractivity contribution is 8.18. The molecule has 1 aliphatic heterocycles. The molecule has 0 saturated carbocycles. The number of carbonyl (C=O) groups excluding carboxylic acids is 2. The predicted molar refractivity (Wildman–Crippen MR) is 93.8 cm³/mol. The molecule has 1 aromatic heterocycles. The average molecular weight is 358 g/mol. The highest BCUT2D eigenvalue weighted by Crippen LogP contribution is 2.35. The topological polar surface area (TPSA) is 93.7 Å². The monoisotopic (exact) mass is 358 g/mol. The van der Waals surface area contributed by atoms with E-state index in [4.69, 9.17) is 4.42 Å². The Morgan fingerprint density at radius 2 is 2.00 bits per heavy atom. The maximum absolute atomic E-state index is 12.2. The number of hydrogen-bond acceptors (Lipinski definition) is 6. The van der Waals surface area contributed by atoms with Crippen molar-refractivity contribution >= 4 is 34.7 Å². The second-order valence-corrected chi connectivity index (χ2v) is 6.30. The van der Waals surface area contributed by atoms with E-state index in [1.54, 1.807) is 30.3 Å². The predicted octanol–water partition coefficient (Wildman–Crippen LogP) is 4.30. The molecule has 1 aromatic carbocycles. The quantitative estimate of drug-likeness (QED) is 0.449. The molecule has 25 heavy (non-hydrogen) atoms. The minimum Gasteiger partial charge on any atom is -0.456 e. The highest BCUT2D eigenvalue weighted by Gasteiger charge is 2.34. The van der Waals surface area contributed by atoms with Crippen LogP contribution in [0.2, 0.25) is 0 Å². The summed E-state index contributed by atoms with van der Waals surface area (Å²) in [5, 5.41) is 10.8. The van der Waals surface area contributed by atoms with Crippen molar-refractivity contribution in [1.82, 2.24) is 4.90 Å². The lowest BCUT2D eigenvalue weighted by Gasteiger charge is -2.09. The fraction of sp³-hybridized carbons (Fsp3) is 0.176. The lowest BCUT2D eigenvalue weighted by Crippen LogP contribution is -2.28. The third-order valence-electron chi connectivity index (χ3n) is 3.59. The summed E-state index contributed by atoms with van der Waals surface area (Å²) in [7, 11) is 0. The van der Waals surface area contributed by atoms with Crippen LogP contribution in [0.1, 0.15) is 19.1 Å². The van der Waals surface area contributed by atoms with Gasteiger partial charge in [0.2, 0.25) is 0 Å². The summed E-state index contributed by atoms with van der Waals surface area (Å²) in [5.74, 6) is 0.335. The van der Waals surface area contributed by atoms with E-state index in [0.717, 1.165) is 11.8 Å². The zero-order valence-electron chi connectivity index (χ0n) is 13.3. The summed E-state index contributed by atoms with van der Waals surface area (Å²) < 4.78 is 5.63.